The van der Waals surface area contributed by atoms with Gasteiger partial charge in [0.1, 0.15) is 5.71 Å². The number of carbonyl (C=O) groups is 2. The van der Waals surface area contributed by atoms with Gasteiger partial charge in [0.25, 0.3) is 5.91 Å². The molecule has 3 aromatic rings. The molecule has 0 fully saturated rings. The summed E-state index contributed by atoms with van der Waals surface area (Å²) in [5.41, 5.74) is 3.19. The molecule has 3 aromatic carbocycles. The average molecular weight is 442 g/mol. The number of hydrogen-bond acceptors (Lipinski definition) is 5. The Bertz CT molecular complexity index is 1220. The van der Waals surface area contributed by atoms with Gasteiger partial charge in [-0.1, -0.05) is 54.6 Å². The first-order valence-corrected chi connectivity index (χ1v) is 10.4. The van der Waals surface area contributed by atoms with E-state index in [2.05, 4.69) is 5.10 Å². The molecule has 1 aliphatic heterocycles. The van der Waals surface area contributed by atoms with Crippen LogP contribution in [-0.4, -0.2) is 35.9 Å². The number of para-hydroxylation sites is 1. The van der Waals surface area contributed by atoms with Gasteiger partial charge in [0.05, 0.1) is 17.9 Å². The zero-order valence-corrected chi connectivity index (χ0v) is 18.0. The molecule has 0 radical (unpaired) electrons. The van der Waals surface area contributed by atoms with Crippen LogP contribution in [0.15, 0.2) is 89.5 Å². The Morgan fingerprint density at radius 2 is 1.67 bits per heavy atom. The van der Waals surface area contributed by atoms with Crippen molar-refractivity contribution in [2.24, 2.45) is 5.10 Å². The molecule has 0 saturated heterocycles. The van der Waals surface area contributed by atoms with Crippen molar-refractivity contribution in [1.82, 2.24) is 0 Å². The van der Waals surface area contributed by atoms with Crippen LogP contribution in [0.2, 0.25) is 0 Å². The van der Waals surface area contributed by atoms with Gasteiger partial charge in [-0.25, -0.2) is 4.79 Å². The van der Waals surface area contributed by atoms with Crippen molar-refractivity contribution in [2.75, 3.05) is 18.2 Å². The topological polar surface area (TPSA) is 88.4 Å². The van der Waals surface area contributed by atoms with E-state index < -0.39 is 12.6 Å². The van der Waals surface area contributed by atoms with E-state index in [1.54, 1.807) is 24.3 Å². The van der Waals surface area contributed by atoms with Crippen LogP contribution in [0.25, 0.3) is 6.08 Å². The SMILES string of the molecule is CCOc1cc(/C=C2\C(=O)N(c3ccccc3)N=C2c2ccccc2)ccc1OCC(=O)O. The maximum Gasteiger partial charge on any atom is 0.341 e. The molecule has 1 N–H and O–H groups in total. The molecule has 4 rings (SSSR count). The van der Waals surface area contributed by atoms with Gasteiger partial charge in [-0.2, -0.15) is 10.1 Å². The second kappa shape index (κ2) is 9.82. The molecule has 1 amide bonds. The number of nitrogens with zero attached hydrogens (tertiary/aromatic N) is 2. The second-order valence-electron chi connectivity index (χ2n) is 7.15. The number of carboxylic acid groups (broad SMARTS) is 1. The zero-order chi connectivity index (χ0) is 23.2. The average Bonchev–Trinajstić information content (AvgIpc) is 3.16. The number of amides is 1. The first kappa shape index (κ1) is 21.8. The van der Waals surface area contributed by atoms with Crippen LogP contribution >= 0.6 is 0 Å². The molecular weight excluding hydrogens is 420 g/mol. The molecule has 166 valence electrons. The number of carboxylic acids is 1. The summed E-state index contributed by atoms with van der Waals surface area (Å²) >= 11 is 0. The maximum atomic E-state index is 13.4. The highest BCUT2D eigenvalue weighted by molar-refractivity contribution is 6.37. The van der Waals surface area contributed by atoms with E-state index in [-0.39, 0.29) is 5.91 Å². The molecule has 0 spiro atoms. The van der Waals surface area contributed by atoms with Gasteiger partial charge in [-0.05, 0) is 42.8 Å². The molecule has 0 bridgehead atoms. The Morgan fingerprint density at radius 1 is 0.970 bits per heavy atom. The van der Waals surface area contributed by atoms with E-state index in [1.807, 2.05) is 67.6 Å². The van der Waals surface area contributed by atoms with Crippen molar-refractivity contribution < 1.29 is 24.2 Å². The van der Waals surface area contributed by atoms with E-state index in [9.17, 15) is 9.59 Å². The lowest BCUT2D eigenvalue weighted by atomic mass is 10.00. The molecule has 0 aromatic heterocycles. The smallest absolute Gasteiger partial charge is 0.341 e. The Hall–Kier alpha value is -4.39. The lowest BCUT2D eigenvalue weighted by Crippen LogP contribution is -2.21. The third-order valence-corrected chi connectivity index (χ3v) is 4.86. The Balaban J connectivity index is 1.74. The summed E-state index contributed by atoms with van der Waals surface area (Å²) in [6, 6.07) is 23.8. The quantitative estimate of drug-likeness (QED) is 0.523. The third-order valence-electron chi connectivity index (χ3n) is 4.86. The van der Waals surface area contributed by atoms with Gasteiger partial charge in [-0.3, -0.25) is 4.79 Å². The van der Waals surface area contributed by atoms with Crippen molar-refractivity contribution >= 4 is 29.4 Å². The fourth-order valence-corrected chi connectivity index (χ4v) is 3.41. The number of ether oxygens (including phenoxy) is 2. The minimum atomic E-state index is -1.08. The zero-order valence-electron chi connectivity index (χ0n) is 18.0. The molecular formula is C26H22N2O5. The molecule has 0 aliphatic carbocycles. The van der Waals surface area contributed by atoms with Crippen molar-refractivity contribution in [3.8, 4) is 11.5 Å². The second-order valence-corrected chi connectivity index (χ2v) is 7.15. The minimum absolute atomic E-state index is 0.246. The van der Waals surface area contributed by atoms with Gasteiger partial charge in [0.2, 0.25) is 0 Å². The predicted octanol–water partition coefficient (Wildman–Crippen LogP) is 4.38. The van der Waals surface area contributed by atoms with E-state index in [4.69, 9.17) is 14.6 Å². The fourth-order valence-electron chi connectivity index (χ4n) is 3.41. The summed E-state index contributed by atoms with van der Waals surface area (Å²) in [5.74, 6) is -0.604. The monoisotopic (exact) mass is 442 g/mol. The first-order valence-electron chi connectivity index (χ1n) is 10.4. The number of rotatable bonds is 8. The van der Waals surface area contributed by atoms with Crippen molar-refractivity contribution in [2.45, 2.75) is 6.92 Å². The lowest BCUT2D eigenvalue weighted by molar-refractivity contribution is -0.139. The molecule has 1 heterocycles. The van der Waals surface area contributed by atoms with Crippen LogP contribution < -0.4 is 14.5 Å². The molecule has 7 heteroatoms. The number of aliphatic carboxylic acids is 1. The number of anilines is 1. The molecule has 7 nitrogen and oxygen atoms in total. The summed E-state index contributed by atoms with van der Waals surface area (Å²) in [7, 11) is 0. The van der Waals surface area contributed by atoms with Crippen LogP contribution in [0.5, 0.6) is 11.5 Å². The van der Waals surface area contributed by atoms with Crippen molar-refractivity contribution in [3.63, 3.8) is 0 Å². The summed E-state index contributed by atoms with van der Waals surface area (Å²) in [6.45, 7) is 1.72. The molecule has 0 atom stereocenters. The predicted molar refractivity (Wildman–Crippen MR) is 126 cm³/mol. The van der Waals surface area contributed by atoms with Crippen LogP contribution in [0, 0.1) is 0 Å². The van der Waals surface area contributed by atoms with Gasteiger partial charge in [-0.15, -0.1) is 0 Å². The van der Waals surface area contributed by atoms with Crippen LogP contribution in [0.4, 0.5) is 5.69 Å². The van der Waals surface area contributed by atoms with E-state index in [0.717, 1.165) is 5.56 Å². The van der Waals surface area contributed by atoms with E-state index in [1.165, 1.54) is 5.01 Å². The normalized spacial score (nSPS) is 14.3. The highest BCUT2D eigenvalue weighted by Gasteiger charge is 2.32. The number of carbonyl (C=O) groups excluding carboxylic acids is 1. The van der Waals surface area contributed by atoms with E-state index in [0.29, 0.717) is 40.6 Å². The Morgan fingerprint density at radius 3 is 2.33 bits per heavy atom. The summed E-state index contributed by atoms with van der Waals surface area (Å²) in [6.07, 6.45) is 1.75. The number of hydrogen-bond donors (Lipinski definition) is 1. The highest BCUT2D eigenvalue weighted by atomic mass is 16.5. The van der Waals surface area contributed by atoms with Gasteiger partial charge < -0.3 is 14.6 Å². The largest absolute Gasteiger partial charge is 0.490 e. The van der Waals surface area contributed by atoms with Crippen LogP contribution in [0.1, 0.15) is 18.1 Å². The molecule has 33 heavy (non-hydrogen) atoms. The van der Waals surface area contributed by atoms with Crippen LogP contribution in [-0.2, 0) is 9.59 Å². The highest BCUT2D eigenvalue weighted by Crippen LogP contribution is 2.32. The summed E-state index contributed by atoms with van der Waals surface area (Å²) in [4.78, 5) is 24.2. The van der Waals surface area contributed by atoms with Gasteiger partial charge in [0.15, 0.2) is 18.1 Å². The molecule has 1 aliphatic rings. The summed E-state index contributed by atoms with van der Waals surface area (Å²) < 4.78 is 10.9. The van der Waals surface area contributed by atoms with Gasteiger partial charge in [0, 0.05) is 5.56 Å². The molecule has 0 unspecified atom stereocenters. The standard InChI is InChI=1S/C26H22N2O5/c1-2-32-23-16-18(13-14-22(23)33-17-24(29)30)15-21-25(19-9-5-3-6-10-19)27-28(26(21)31)20-11-7-4-8-12-20/h3-16H,2,17H2,1H3,(H,29,30)/b21-15-. The number of hydrazone groups is 1. The number of benzene rings is 3. The van der Waals surface area contributed by atoms with Crippen LogP contribution in [0.3, 0.4) is 0 Å². The van der Waals surface area contributed by atoms with Crippen molar-refractivity contribution in [3.05, 3.63) is 95.6 Å². The first-order chi connectivity index (χ1) is 16.1. The Labute approximate surface area is 191 Å². The maximum absolute atomic E-state index is 13.4. The van der Waals surface area contributed by atoms with Gasteiger partial charge >= 0.3 is 5.97 Å². The Kier molecular flexibility index (Phi) is 6.50. The third kappa shape index (κ3) is 4.93. The fraction of sp³-hybridized carbons (Fsp3) is 0.115. The minimum Gasteiger partial charge on any atom is -0.490 e. The lowest BCUT2D eigenvalue weighted by Gasteiger charge is -2.12. The van der Waals surface area contributed by atoms with Crippen molar-refractivity contribution in [1.29, 1.82) is 0 Å². The molecule has 0 saturated carbocycles. The van der Waals surface area contributed by atoms with E-state index >= 15 is 0 Å². The summed E-state index contributed by atoms with van der Waals surface area (Å²) in [5, 5.41) is 14.9.